The molecule has 9 heteroatoms. The summed E-state index contributed by atoms with van der Waals surface area (Å²) in [4.78, 5) is 27.8. The summed E-state index contributed by atoms with van der Waals surface area (Å²) in [6.07, 6.45) is 2.43. The topological polar surface area (TPSA) is 87.7 Å². The Morgan fingerprint density at radius 2 is 1.89 bits per heavy atom. The van der Waals surface area contributed by atoms with Crippen LogP contribution in [-0.2, 0) is 15.0 Å². The van der Waals surface area contributed by atoms with E-state index in [0.717, 1.165) is 6.07 Å². The second-order valence-corrected chi connectivity index (χ2v) is 12.4. The minimum atomic E-state index is -1.49. The number of fused-ring (bicyclic) bond motifs is 2. The molecule has 3 aliphatic rings. The van der Waals surface area contributed by atoms with Crippen LogP contribution in [0.1, 0.15) is 69.9 Å². The highest BCUT2D eigenvalue weighted by molar-refractivity contribution is 6.30. The zero-order valence-electron chi connectivity index (χ0n) is 21.7. The molecule has 6 nitrogen and oxygen atoms in total. The highest BCUT2D eigenvalue weighted by atomic mass is 35.5. The van der Waals surface area contributed by atoms with Crippen molar-refractivity contribution in [2.45, 2.75) is 88.4 Å². The van der Waals surface area contributed by atoms with Crippen molar-refractivity contribution < 1.29 is 28.2 Å². The number of esters is 1. The van der Waals surface area contributed by atoms with Crippen LogP contribution < -0.4 is 15.4 Å². The molecular weight excluding hydrogens is 514 g/mol. The van der Waals surface area contributed by atoms with Crippen molar-refractivity contribution in [3.05, 3.63) is 64.2 Å². The highest BCUT2D eigenvalue weighted by Gasteiger charge is 2.67. The summed E-state index contributed by atoms with van der Waals surface area (Å²) in [5.41, 5.74) is -1.34. The van der Waals surface area contributed by atoms with E-state index in [9.17, 15) is 19.1 Å². The van der Waals surface area contributed by atoms with Gasteiger partial charge in [-0.3, -0.25) is 9.59 Å². The van der Waals surface area contributed by atoms with Gasteiger partial charge in [0.15, 0.2) is 11.6 Å². The molecule has 0 unspecified atom stereocenters. The van der Waals surface area contributed by atoms with Crippen LogP contribution in [-0.4, -0.2) is 41.2 Å². The summed E-state index contributed by atoms with van der Waals surface area (Å²) in [6.45, 7) is 6.05. The number of halogens is 3. The van der Waals surface area contributed by atoms with Crippen molar-refractivity contribution >= 4 is 23.5 Å². The van der Waals surface area contributed by atoms with Crippen molar-refractivity contribution in [1.29, 1.82) is 0 Å². The third-order valence-corrected chi connectivity index (χ3v) is 8.38. The molecule has 2 aromatic rings. The van der Waals surface area contributed by atoms with Crippen LogP contribution in [0.25, 0.3) is 0 Å². The Bertz CT molecular complexity index is 1260. The van der Waals surface area contributed by atoms with Gasteiger partial charge in [0.25, 0.3) is 0 Å². The third kappa shape index (κ3) is 4.61. The van der Waals surface area contributed by atoms with Crippen molar-refractivity contribution in [2.75, 3.05) is 0 Å². The summed E-state index contributed by atoms with van der Waals surface area (Å²) in [5.74, 6) is -4.00. The first-order chi connectivity index (χ1) is 17.9. The van der Waals surface area contributed by atoms with Crippen LogP contribution >= 0.6 is 11.6 Å². The molecule has 0 aromatic heterocycles. The molecule has 3 N–H and O–H groups in total. The number of benzene rings is 2. The quantitative estimate of drug-likeness (QED) is 0.380. The molecule has 204 valence electrons. The number of hydrogen-bond donors (Lipinski definition) is 3. The molecule has 0 bridgehead atoms. The smallest absolute Gasteiger partial charge is 0.324 e. The van der Waals surface area contributed by atoms with Crippen molar-refractivity contribution in [2.24, 2.45) is 5.41 Å². The largest absolute Gasteiger partial charge is 0.425 e. The lowest BCUT2D eigenvalue weighted by molar-refractivity contribution is -0.139. The average molecular weight is 547 g/mol. The Balaban J connectivity index is 1.67. The Kier molecular flexibility index (Phi) is 7.03. The summed E-state index contributed by atoms with van der Waals surface area (Å²) in [6, 6.07) is 6.88. The van der Waals surface area contributed by atoms with E-state index in [0.29, 0.717) is 42.7 Å². The van der Waals surface area contributed by atoms with Crippen molar-refractivity contribution in [3.8, 4) is 5.75 Å². The Morgan fingerprint density at radius 1 is 1.18 bits per heavy atom. The lowest BCUT2D eigenvalue weighted by Gasteiger charge is -2.36. The Hall–Kier alpha value is -2.55. The molecule has 0 radical (unpaired) electrons. The number of hydrogen-bond acceptors (Lipinski definition) is 5. The first kappa shape index (κ1) is 27.0. The fraction of sp³-hybridized carbons (Fsp3) is 0.517. The number of ether oxygens (including phenoxy) is 1. The van der Waals surface area contributed by atoms with Gasteiger partial charge in [-0.05, 0) is 61.3 Å². The monoisotopic (exact) mass is 546 g/mol. The standard InChI is InChI=1S/C29H33ClF2N2O4/c1-28(2,3)14-22-29(19-12-7-15(30)13-21(19)38-27(29)37)23(18-5-4-6-20(31)24(18)32)25(34-22)26(36)33-16-8-10-17(35)11-9-16/h4-7,12-13,16-17,22-23,25,34-35H,8-11,14H2,1-3H3,(H,33,36)/t16?,17?,22-,23+,25-,29+/m1/s1. The minimum Gasteiger partial charge on any atom is -0.425 e. The number of aliphatic hydroxyl groups excluding tert-OH is 1. The van der Waals surface area contributed by atoms with E-state index in [2.05, 4.69) is 10.6 Å². The normalized spacial score (nSPS) is 30.8. The maximum Gasteiger partial charge on any atom is 0.324 e. The van der Waals surface area contributed by atoms with Gasteiger partial charge in [-0.15, -0.1) is 0 Å². The van der Waals surface area contributed by atoms with Crippen LogP contribution in [0.15, 0.2) is 36.4 Å². The SMILES string of the molecule is CC(C)(C)C[C@H]1N[C@@H](C(=O)NC2CCC(O)CC2)[C@H](c2cccc(F)c2F)[C@@]12C(=O)Oc1cc(Cl)ccc12. The molecule has 1 aliphatic carbocycles. The van der Waals surface area contributed by atoms with E-state index in [1.54, 1.807) is 12.1 Å². The van der Waals surface area contributed by atoms with E-state index in [1.165, 1.54) is 18.2 Å². The molecule has 1 saturated heterocycles. The number of amides is 1. The maximum absolute atomic E-state index is 15.5. The zero-order valence-corrected chi connectivity index (χ0v) is 22.4. The predicted octanol–water partition coefficient (Wildman–Crippen LogP) is 4.76. The minimum absolute atomic E-state index is 0.0622. The van der Waals surface area contributed by atoms with E-state index < -0.39 is 53.0 Å². The summed E-state index contributed by atoms with van der Waals surface area (Å²) >= 11 is 6.21. The van der Waals surface area contributed by atoms with Crippen LogP contribution in [0, 0.1) is 17.0 Å². The molecule has 2 heterocycles. The zero-order chi connectivity index (χ0) is 27.4. The van der Waals surface area contributed by atoms with E-state index in [1.807, 2.05) is 20.8 Å². The Morgan fingerprint density at radius 3 is 2.58 bits per heavy atom. The van der Waals surface area contributed by atoms with E-state index >= 15 is 4.39 Å². The van der Waals surface area contributed by atoms with Crippen LogP contribution in [0.4, 0.5) is 8.78 Å². The molecule has 1 amide bonds. The average Bonchev–Trinajstić information content (AvgIpc) is 3.31. The van der Waals surface area contributed by atoms with Gasteiger partial charge in [0.05, 0.1) is 12.1 Å². The molecule has 1 saturated carbocycles. The number of carbonyl (C=O) groups is 2. The second kappa shape index (κ2) is 9.88. The third-order valence-electron chi connectivity index (χ3n) is 8.14. The van der Waals surface area contributed by atoms with Gasteiger partial charge in [-0.2, -0.15) is 0 Å². The van der Waals surface area contributed by atoms with Gasteiger partial charge in [0.1, 0.15) is 11.2 Å². The molecule has 4 atom stereocenters. The Labute approximate surface area is 226 Å². The maximum atomic E-state index is 15.5. The van der Waals surface area contributed by atoms with Crippen LogP contribution in [0.3, 0.4) is 0 Å². The van der Waals surface area contributed by atoms with Crippen LogP contribution in [0.2, 0.25) is 5.02 Å². The van der Waals surface area contributed by atoms with Gasteiger partial charge < -0.3 is 20.5 Å². The molecule has 5 rings (SSSR count). The van der Waals surface area contributed by atoms with E-state index in [4.69, 9.17) is 16.3 Å². The fourth-order valence-electron chi connectivity index (χ4n) is 6.52. The number of carbonyl (C=O) groups excluding carboxylic acids is 2. The van der Waals surface area contributed by atoms with Gasteiger partial charge >= 0.3 is 5.97 Å². The number of nitrogens with one attached hydrogen (secondary N) is 2. The summed E-state index contributed by atoms with van der Waals surface area (Å²) in [7, 11) is 0. The van der Waals surface area contributed by atoms with E-state index in [-0.39, 0.29) is 22.8 Å². The summed E-state index contributed by atoms with van der Waals surface area (Å²) in [5, 5.41) is 16.7. The van der Waals surface area contributed by atoms with Crippen molar-refractivity contribution in [3.63, 3.8) is 0 Å². The molecule has 2 aromatic carbocycles. The predicted molar refractivity (Wildman–Crippen MR) is 139 cm³/mol. The van der Waals surface area contributed by atoms with Gasteiger partial charge in [0, 0.05) is 28.6 Å². The lowest BCUT2D eigenvalue weighted by Crippen LogP contribution is -2.49. The van der Waals surface area contributed by atoms with Gasteiger partial charge in [-0.25, -0.2) is 8.78 Å². The molecule has 2 fully saturated rings. The summed E-state index contributed by atoms with van der Waals surface area (Å²) < 4.78 is 35.9. The van der Waals surface area contributed by atoms with Gasteiger partial charge in [0.2, 0.25) is 5.91 Å². The highest BCUT2D eigenvalue weighted by Crippen LogP contribution is 2.57. The van der Waals surface area contributed by atoms with Crippen molar-refractivity contribution in [1.82, 2.24) is 10.6 Å². The number of aliphatic hydroxyl groups is 1. The van der Waals surface area contributed by atoms with Gasteiger partial charge in [-0.1, -0.05) is 50.6 Å². The molecule has 1 spiro atoms. The lowest BCUT2D eigenvalue weighted by atomic mass is 9.62. The van der Waals surface area contributed by atoms with Crippen LogP contribution in [0.5, 0.6) is 5.75 Å². The fourth-order valence-corrected chi connectivity index (χ4v) is 6.68. The number of rotatable bonds is 4. The second-order valence-electron chi connectivity index (χ2n) is 12.0. The first-order valence-corrected chi connectivity index (χ1v) is 13.5. The molecular formula is C29H33ClF2N2O4. The molecule has 2 aliphatic heterocycles. The first-order valence-electron chi connectivity index (χ1n) is 13.1. The molecule has 38 heavy (non-hydrogen) atoms.